The maximum atomic E-state index is 14.9. The third-order valence-electron chi connectivity index (χ3n) is 4.98. The van der Waals surface area contributed by atoms with Crippen molar-refractivity contribution in [2.75, 3.05) is 10.5 Å². The first-order valence-corrected chi connectivity index (χ1v) is 12.7. The molecule has 0 radical (unpaired) electrons. The lowest BCUT2D eigenvalue weighted by molar-refractivity contribution is 0.0985. The lowest BCUT2D eigenvalue weighted by atomic mass is 10.0. The number of Topliss-reactive ketones (excluding diaryl/α,β-unsaturated/α-hetero) is 1. The van der Waals surface area contributed by atoms with Gasteiger partial charge in [-0.15, -0.1) is 0 Å². The molecule has 0 aliphatic carbocycles. The summed E-state index contributed by atoms with van der Waals surface area (Å²) in [4.78, 5) is 24.6. The first-order chi connectivity index (χ1) is 16.2. The van der Waals surface area contributed by atoms with Crippen LogP contribution in [-0.4, -0.2) is 34.9 Å². The molecule has 0 spiro atoms. The molecule has 2 aromatic carbocycles. The van der Waals surface area contributed by atoms with Gasteiger partial charge in [-0.05, 0) is 42.3 Å². The molecule has 0 amide bonds. The Labute approximate surface area is 202 Å². The minimum atomic E-state index is -3.82. The van der Waals surface area contributed by atoms with Crippen molar-refractivity contribution in [1.82, 2.24) is 15.0 Å². The zero-order valence-electron chi connectivity index (χ0n) is 17.9. The molecule has 0 unspecified atom stereocenters. The first kappa shape index (κ1) is 24.0. The second kappa shape index (κ2) is 9.59. The van der Waals surface area contributed by atoms with Crippen LogP contribution < -0.4 is 4.72 Å². The number of nitrogens with zero attached hydrogens (tertiary/aromatic N) is 2. The fraction of sp³-hybridized carbons (Fsp3) is 0.174. The summed E-state index contributed by atoms with van der Waals surface area (Å²) in [5, 5.41) is 0. The van der Waals surface area contributed by atoms with Gasteiger partial charge in [-0.1, -0.05) is 35.0 Å². The molecule has 0 bridgehead atoms. The molecule has 0 aliphatic heterocycles. The molecule has 2 aromatic heterocycles. The van der Waals surface area contributed by atoms with Gasteiger partial charge in [-0.25, -0.2) is 27.2 Å². The molecular formula is C23H19BrF2N4O3S. The minimum absolute atomic E-state index is 0.231. The van der Waals surface area contributed by atoms with Crippen LogP contribution in [0.1, 0.15) is 29.3 Å². The van der Waals surface area contributed by atoms with E-state index in [1.54, 1.807) is 13.0 Å². The van der Waals surface area contributed by atoms with Gasteiger partial charge in [0, 0.05) is 22.7 Å². The maximum Gasteiger partial charge on any atom is 0.232 e. The van der Waals surface area contributed by atoms with E-state index in [9.17, 15) is 22.0 Å². The number of hydrogen-bond donors (Lipinski definition) is 2. The predicted molar refractivity (Wildman–Crippen MR) is 129 cm³/mol. The number of hydrogen-bond acceptors (Lipinski definition) is 5. The van der Waals surface area contributed by atoms with E-state index in [2.05, 4.69) is 35.6 Å². The Morgan fingerprint density at radius 3 is 2.59 bits per heavy atom. The number of halogens is 3. The Hall–Kier alpha value is -3.18. The number of rotatable bonds is 8. The zero-order valence-corrected chi connectivity index (χ0v) is 20.3. The van der Waals surface area contributed by atoms with Crippen LogP contribution >= 0.6 is 15.9 Å². The average Bonchev–Trinajstić information content (AvgIpc) is 3.19. The third kappa shape index (κ3) is 5.15. The van der Waals surface area contributed by atoms with Crippen molar-refractivity contribution in [3.05, 3.63) is 75.9 Å². The van der Waals surface area contributed by atoms with E-state index in [0.717, 1.165) is 22.2 Å². The largest absolute Gasteiger partial charge is 0.337 e. The van der Waals surface area contributed by atoms with Gasteiger partial charge in [0.1, 0.15) is 11.6 Å². The van der Waals surface area contributed by atoms with Crippen molar-refractivity contribution in [2.45, 2.75) is 19.8 Å². The van der Waals surface area contributed by atoms with Crippen molar-refractivity contribution in [2.24, 2.45) is 0 Å². The topological polar surface area (TPSA) is 105 Å². The molecule has 11 heteroatoms. The summed E-state index contributed by atoms with van der Waals surface area (Å²) < 4.78 is 56.2. The molecule has 7 nitrogen and oxygen atoms in total. The molecule has 0 saturated heterocycles. The third-order valence-corrected chi connectivity index (χ3v) is 6.99. The second-order valence-electron chi connectivity index (χ2n) is 7.61. The monoisotopic (exact) mass is 548 g/mol. The molecule has 0 saturated carbocycles. The van der Waals surface area contributed by atoms with Crippen LogP contribution in [0.2, 0.25) is 0 Å². The van der Waals surface area contributed by atoms with Crippen molar-refractivity contribution >= 4 is 48.6 Å². The molecule has 0 aliphatic rings. The van der Waals surface area contributed by atoms with Crippen LogP contribution in [0.15, 0.2) is 53.1 Å². The highest BCUT2D eigenvalue weighted by molar-refractivity contribution is 9.10. The fourth-order valence-electron chi connectivity index (χ4n) is 3.43. The number of benzene rings is 2. The average molecular weight is 549 g/mol. The number of H-pyrrole nitrogens is 1. The Bertz CT molecular complexity index is 1490. The van der Waals surface area contributed by atoms with Crippen molar-refractivity contribution in [1.29, 1.82) is 0 Å². The smallest absolute Gasteiger partial charge is 0.232 e. The van der Waals surface area contributed by atoms with Gasteiger partial charge in [0.25, 0.3) is 0 Å². The number of sulfonamides is 1. The number of pyridine rings is 1. The molecule has 0 atom stereocenters. The SMILES string of the molecule is CCCS(=O)(=O)Nc1ccc(F)c(C(=O)Cc2cnc3nc(-c4ccc(Br)cc4)[nH]c3c2)c1F. The summed E-state index contributed by atoms with van der Waals surface area (Å²) in [6.07, 6.45) is 1.39. The van der Waals surface area contributed by atoms with Gasteiger partial charge in [-0.3, -0.25) is 9.52 Å². The van der Waals surface area contributed by atoms with Gasteiger partial charge >= 0.3 is 0 Å². The fourth-order valence-corrected chi connectivity index (χ4v) is 4.83. The van der Waals surface area contributed by atoms with Crippen LogP contribution in [0.5, 0.6) is 0 Å². The van der Waals surface area contributed by atoms with E-state index < -0.39 is 38.7 Å². The molecule has 176 valence electrons. The van der Waals surface area contributed by atoms with Gasteiger partial charge in [-0.2, -0.15) is 0 Å². The number of imidazole rings is 1. The van der Waals surface area contributed by atoms with Crippen LogP contribution in [0, 0.1) is 11.6 Å². The number of aromatic nitrogens is 3. The lowest BCUT2D eigenvalue weighted by Crippen LogP contribution is -2.19. The van der Waals surface area contributed by atoms with E-state index in [4.69, 9.17) is 0 Å². The normalized spacial score (nSPS) is 11.6. The van der Waals surface area contributed by atoms with E-state index in [0.29, 0.717) is 29.0 Å². The van der Waals surface area contributed by atoms with Crippen LogP contribution in [0.3, 0.4) is 0 Å². The molecule has 2 heterocycles. The number of carbonyl (C=O) groups is 1. The molecule has 0 fully saturated rings. The first-order valence-electron chi connectivity index (χ1n) is 10.3. The van der Waals surface area contributed by atoms with Crippen molar-refractivity contribution in [3.8, 4) is 11.4 Å². The van der Waals surface area contributed by atoms with E-state index in [-0.39, 0.29) is 12.2 Å². The summed E-state index contributed by atoms with van der Waals surface area (Å²) >= 11 is 3.38. The van der Waals surface area contributed by atoms with Crippen molar-refractivity contribution < 1.29 is 22.0 Å². The van der Waals surface area contributed by atoms with E-state index in [1.165, 1.54) is 6.20 Å². The number of anilines is 1. The molecule has 34 heavy (non-hydrogen) atoms. The summed E-state index contributed by atoms with van der Waals surface area (Å²) in [6.45, 7) is 1.65. The summed E-state index contributed by atoms with van der Waals surface area (Å²) in [6, 6.07) is 11.0. The highest BCUT2D eigenvalue weighted by Gasteiger charge is 2.23. The van der Waals surface area contributed by atoms with Gasteiger partial charge in [0.2, 0.25) is 10.0 Å². The second-order valence-corrected chi connectivity index (χ2v) is 10.4. The van der Waals surface area contributed by atoms with Crippen LogP contribution in [-0.2, 0) is 16.4 Å². The van der Waals surface area contributed by atoms with E-state index in [1.807, 2.05) is 24.3 Å². The summed E-state index contributed by atoms with van der Waals surface area (Å²) in [7, 11) is -3.82. The van der Waals surface area contributed by atoms with Gasteiger partial charge < -0.3 is 4.98 Å². The van der Waals surface area contributed by atoms with Crippen LogP contribution in [0.25, 0.3) is 22.6 Å². The predicted octanol–water partition coefficient (Wildman–Crippen LogP) is 5.24. The standard InChI is InChI=1S/C23H19BrF2N4O3S/c1-2-9-34(32,33)30-17-8-7-16(25)20(21(17)26)19(31)11-13-10-18-23(27-12-13)29-22(28-18)14-3-5-15(24)6-4-14/h3-8,10,12,30H,2,9,11H2,1H3,(H,27,28,29). The highest BCUT2D eigenvalue weighted by Crippen LogP contribution is 2.25. The molecule has 2 N–H and O–H groups in total. The minimum Gasteiger partial charge on any atom is -0.337 e. The zero-order chi connectivity index (χ0) is 24.5. The number of nitrogens with one attached hydrogen (secondary N) is 2. The van der Waals surface area contributed by atoms with Crippen LogP contribution in [0.4, 0.5) is 14.5 Å². The van der Waals surface area contributed by atoms with Gasteiger partial charge in [0.15, 0.2) is 17.2 Å². The Balaban J connectivity index is 1.60. The quantitative estimate of drug-likeness (QED) is 0.293. The summed E-state index contributed by atoms with van der Waals surface area (Å²) in [5.41, 5.74) is 0.963. The number of carbonyl (C=O) groups excluding carboxylic acids is 1. The molecule has 4 aromatic rings. The number of ketones is 1. The van der Waals surface area contributed by atoms with Gasteiger partial charge in [0.05, 0.1) is 22.5 Å². The molecular weight excluding hydrogens is 530 g/mol. The number of fused-ring (bicyclic) bond motifs is 1. The Morgan fingerprint density at radius 1 is 1.15 bits per heavy atom. The van der Waals surface area contributed by atoms with E-state index >= 15 is 0 Å². The Morgan fingerprint density at radius 2 is 1.88 bits per heavy atom. The molecule has 4 rings (SSSR count). The van der Waals surface area contributed by atoms with Crippen molar-refractivity contribution in [3.63, 3.8) is 0 Å². The lowest BCUT2D eigenvalue weighted by Gasteiger charge is -2.11. The summed E-state index contributed by atoms with van der Waals surface area (Å²) in [5.74, 6) is -2.82. The Kier molecular flexibility index (Phi) is 6.76. The maximum absolute atomic E-state index is 14.9. The number of aromatic amines is 1. The highest BCUT2D eigenvalue weighted by atomic mass is 79.9.